The molecule has 2 nitrogen and oxygen atoms in total. The molecule has 6 heteroatoms. The monoisotopic (exact) mass is 284 g/mol. The van der Waals surface area contributed by atoms with Crippen LogP contribution in [0.5, 0.6) is 11.5 Å². The minimum absolute atomic E-state index is 0.0487. The quantitative estimate of drug-likeness (QED) is 0.719. The Balaban J connectivity index is 0.000000531. The van der Waals surface area contributed by atoms with Crippen LogP contribution in [0.2, 0.25) is 0 Å². The van der Waals surface area contributed by atoms with Crippen molar-refractivity contribution in [2.24, 2.45) is 0 Å². The van der Waals surface area contributed by atoms with E-state index in [0.717, 1.165) is 0 Å². The molecule has 1 heterocycles. The molecule has 0 unspecified atom stereocenters. The molecule has 15 heavy (non-hydrogen) atoms. The summed E-state index contributed by atoms with van der Waals surface area (Å²) in [6, 6.07) is 2.46. The zero-order valence-electron chi connectivity index (χ0n) is 7.98. The highest BCUT2D eigenvalue weighted by atomic mass is 79.9. The molecule has 0 saturated carbocycles. The van der Waals surface area contributed by atoms with E-state index in [4.69, 9.17) is 0 Å². The summed E-state index contributed by atoms with van der Waals surface area (Å²) in [5.74, 6) is -1.76. The number of halogens is 4. The Labute approximate surface area is 93.1 Å². The average molecular weight is 285 g/mol. The van der Waals surface area contributed by atoms with Gasteiger partial charge in [0, 0.05) is 0 Å². The second kappa shape index (κ2) is 4.30. The molecule has 0 aliphatic carbocycles. The Morgan fingerprint density at radius 2 is 1.80 bits per heavy atom. The summed E-state index contributed by atoms with van der Waals surface area (Å²) in [7, 11) is 0. The maximum Gasteiger partial charge on any atom is 0.586 e. The lowest BCUT2D eigenvalue weighted by Gasteiger charge is -2.04. The first kappa shape index (κ1) is 12.2. The minimum Gasteiger partial charge on any atom is -0.395 e. The zero-order chi connectivity index (χ0) is 11.6. The smallest absolute Gasteiger partial charge is 0.395 e. The van der Waals surface area contributed by atoms with Crippen LogP contribution >= 0.6 is 15.9 Å². The number of hydrogen-bond acceptors (Lipinski definition) is 2. The van der Waals surface area contributed by atoms with Gasteiger partial charge in [0.15, 0.2) is 11.6 Å². The molecule has 0 amide bonds. The molecule has 1 aromatic rings. The molecule has 84 valence electrons. The molecule has 0 N–H and O–H groups in total. The zero-order valence-corrected chi connectivity index (χ0v) is 9.57. The first-order chi connectivity index (χ1) is 6.99. The van der Waals surface area contributed by atoms with E-state index in [2.05, 4.69) is 25.4 Å². The van der Waals surface area contributed by atoms with Crippen LogP contribution in [0.1, 0.15) is 13.8 Å². The van der Waals surface area contributed by atoms with Crippen molar-refractivity contribution in [1.82, 2.24) is 0 Å². The molecular weight excluding hydrogens is 277 g/mol. The molecule has 0 spiro atoms. The fourth-order valence-electron chi connectivity index (χ4n) is 0.957. The standard InChI is InChI=1S/C7H2BrF3O2.C2H6/c8-3-1-2-4-6(5(3)9)13-7(10,11)12-4;1-2/h1-2H;1-2H3. The van der Waals surface area contributed by atoms with Crippen molar-refractivity contribution in [2.75, 3.05) is 0 Å². The van der Waals surface area contributed by atoms with Gasteiger partial charge in [0.05, 0.1) is 4.47 Å². The van der Waals surface area contributed by atoms with Gasteiger partial charge in [0.1, 0.15) is 0 Å². The SMILES string of the molecule is CC.Fc1c(Br)ccc2c1OC(F)(F)O2. The first-order valence-electron chi connectivity index (χ1n) is 4.23. The highest BCUT2D eigenvalue weighted by Gasteiger charge is 2.45. The molecule has 0 atom stereocenters. The van der Waals surface area contributed by atoms with Crippen LogP contribution in [0.4, 0.5) is 13.2 Å². The molecule has 1 aromatic carbocycles. The number of ether oxygens (including phenoxy) is 2. The van der Waals surface area contributed by atoms with Crippen LogP contribution in [0, 0.1) is 5.82 Å². The van der Waals surface area contributed by atoms with Gasteiger partial charge in [0.25, 0.3) is 0 Å². The first-order valence-corrected chi connectivity index (χ1v) is 5.03. The van der Waals surface area contributed by atoms with Crippen LogP contribution in [-0.2, 0) is 0 Å². The second-order valence-corrected chi connectivity index (χ2v) is 3.21. The van der Waals surface area contributed by atoms with Crippen LogP contribution in [0.25, 0.3) is 0 Å². The van der Waals surface area contributed by atoms with E-state index in [1.54, 1.807) is 0 Å². The number of rotatable bonds is 0. The third-order valence-electron chi connectivity index (χ3n) is 1.46. The van der Waals surface area contributed by atoms with Crippen molar-refractivity contribution >= 4 is 15.9 Å². The molecule has 1 aliphatic heterocycles. The summed E-state index contributed by atoms with van der Waals surface area (Å²) in [4.78, 5) is 0. The lowest BCUT2D eigenvalue weighted by atomic mass is 10.3. The topological polar surface area (TPSA) is 18.5 Å². The van der Waals surface area contributed by atoms with Crippen LogP contribution in [-0.4, -0.2) is 6.29 Å². The summed E-state index contributed by atoms with van der Waals surface area (Å²) in [6.45, 7) is 4.00. The van der Waals surface area contributed by atoms with Gasteiger partial charge < -0.3 is 9.47 Å². The lowest BCUT2D eigenvalue weighted by Crippen LogP contribution is -2.26. The molecule has 2 rings (SSSR count). The Morgan fingerprint density at radius 3 is 2.40 bits per heavy atom. The average Bonchev–Trinajstić information content (AvgIpc) is 2.51. The van der Waals surface area contributed by atoms with Gasteiger partial charge >= 0.3 is 6.29 Å². The maximum atomic E-state index is 13.1. The van der Waals surface area contributed by atoms with E-state index in [9.17, 15) is 13.2 Å². The Hall–Kier alpha value is -0.910. The molecule has 0 radical (unpaired) electrons. The molecule has 1 aliphatic rings. The highest BCUT2D eigenvalue weighted by Crippen LogP contribution is 2.44. The van der Waals surface area contributed by atoms with Gasteiger partial charge in [0.2, 0.25) is 5.75 Å². The second-order valence-electron chi connectivity index (χ2n) is 2.36. The van der Waals surface area contributed by atoms with Gasteiger partial charge in [-0.1, -0.05) is 13.8 Å². The third-order valence-corrected chi connectivity index (χ3v) is 2.08. The molecule has 0 aromatic heterocycles. The number of benzene rings is 1. The van der Waals surface area contributed by atoms with E-state index in [-0.39, 0.29) is 10.2 Å². The van der Waals surface area contributed by atoms with Crippen molar-refractivity contribution in [3.05, 3.63) is 22.4 Å². The van der Waals surface area contributed by atoms with Gasteiger partial charge in [-0.3, -0.25) is 0 Å². The normalized spacial score (nSPS) is 15.6. The van der Waals surface area contributed by atoms with Gasteiger partial charge in [-0.25, -0.2) is 4.39 Å². The largest absolute Gasteiger partial charge is 0.586 e. The van der Waals surface area contributed by atoms with Gasteiger partial charge in [-0.05, 0) is 28.1 Å². The fourth-order valence-corrected chi connectivity index (χ4v) is 1.27. The minimum atomic E-state index is -3.77. The van der Waals surface area contributed by atoms with E-state index in [0.29, 0.717) is 0 Å². The predicted molar refractivity (Wildman–Crippen MR) is 51.7 cm³/mol. The number of hydrogen-bond donors (Lipinski definition) is 0. The lowest BCUT2D eigenvalue weighted by molar-refractivity contribution is -0.287. The summed E-state index contributed by atoms with van der Waals surface area (Å²) < 4.78 is 45.9. The van der Waals surface area contributed by atoms with E-state index >= 15 is 0 Å². The van der Waals surface area contributed by atoms with E-state index < -0.39 is 17.9 Å². The molecular formula is C9H8BrF3O2. The molecule has 0 bridgehead atoms. The summed E-state index contributed by atoms with van der Waals surface area (Å²) in [6.07, 6.45) is -3.77. The van der Waals surface area contributed by atoms with Crippen molar-refractivity contribution in [3.8, 4) is 11.5 Å². The third kappa shape index (κ3) is 2.37. The maximum absolute atomic E-state index is 13.1. The summed E-state index contributed by atoms with van der Waals surface area (Å²) in [5, 5.41) is 0. The number of fused-ring (bicyclic) bond motifs is 1. The Kier molecular flexibility index (Phi) is 3.49. The fraction of sp³-hybridized carbons (Fsp3) is 0.333. The van der Waals surface area contributed by atoms with Crippen molar-refractivity contribution in [3.63, 3.8) is 0 Å². The van der Waals surface area contributed by atoms with Crippen LogP contribution < -0.4 is 9.47 Å². The number of alkyl halides is 2. The molecule has 0 saturated heterocycles. The van der Waals surface area contributed by atoms with E-state index in [1.807, 2.05) is 13.8 Å². The Bertz CT molecular complexity index is 369. The van der Waals surface area contributed by atoms with Crippen molar-refractivity contribution in [2.45, 2.75) is 20.1 Å². The van der Waals surface area contributed by atoms with Gasteiger partial charge in [-0.2, -0.15) is 0 Å². The van der Waals surface area contributed by atoms with Gasteiger partial charge in [-0.15, -0.1) is 8.78 Å². The van der Waals surface area contributed by atoms with Crippen molar-refractivity contribution in [1.29, 1.82) is 0 Å². The highest BCUT2D eigenvalue weighted by molar-refractivity contribution is 9.10. The summed E-state index contributed by atoms with van der Waals surface area (Å²) in [5.41, 5.74) is 0. The van der Waals surface area contributed by atoms with Crippen LogP contribution in [0.3, 0.4) is 0 Å². The van der Waals surface area contributed by atoms with E-state index in [1.165, 1.54) is 12.1 Å². The van der Waals surface area contributed by atoms with Crippen LogP contribution in [0.15, 0.2) is 16.6 Å². The Morgan fingerprint density at radius 1 is 1.20 bits per heavy atom. The summed E-state index contributed by atoms with van der Waals surface area (Å²) >= 11 is 2.83. The van der Waals surface area contributed by atoms with Crippen molar-refractivity contribution < 1.29 is 22.6 Å². The molecule has 0 fully saturated rings. The predicted octanol–water partition coefficient (Wildman–Crippen LogP) is 3.94.